The molecule has 11 nitrogen and oxygen atoms in total. The molecule has 2 atom stereocenters. The van der Waals surface area contributed by atoms with Crippen LogP contribution in [0.15, 0.2) is 57.2 Å². The Kier molecular flexibility index (Phi) is 10.6. The molecule has 2 aromatic rings. The van der Waals surface area contributed by atoms with Crippen molar-refractivity contribution in [1.29, 1.82) is 0 Å². The Bertz CT molecular complexity index is 1310. The van der Waals surface area contributed by atoms with Crippen molar-refractivity contribution in [3.8, 4) is 29.6 Å². The van der Waals surface area contributed by atoms with E-state index >= 15 is 0 Å². The number of halogens is 1. The maximum atomic E-state index is 12.4. The number of rotatable bonds is 12. The van der Waals surface area contributed by atoms with Crippen molar-refractivity contribution in [2.24, 2.45) is 5.10 Å². The first-order chi connectivity index (χ1) is 18.8. The van der Waals surface area contributed by atoms with Crippen LogP contribution in [-0.4, -0.2) is 56.5 Å². The molecule has 1 heterocycles. The number of terminal acetylenes is 1. The number of urea groups is 1. The first-order valence-corrected chi connectivity index (χ1v) is 12.6. The first-order valence-electron chi connectivity index (χ1n) is 11.9. The molecule has 2 aromatic carbocycles. The number of nitrogens with zero attached hydrogens (tertiary/aromatic N) is 1. The fourth-order valence-corrected chi connectivity index (χ4v) is 4.06. The maximum absolute atomic E-state index is 12.4. The van der Waals surface area contributed by atoms with E-state index in [1.807, 2.05) is 6.07 Å². The number of esters is 1. The Morgan fingerprint density at radius 2 is 2.00 bits per heavy atom. The molecule has 0 unspecified atom stereocenters. The molecule has 206 valence electrons. The number of amides is 2. The van der Waals surface area contributed by atoms with Gasteiger partial charge in [0.05, 0.1) is 31.5 Å². The summed E-state index contributed by atoms with van der Waals surface area (Å²) in [6, 6.07) is 9.13. The lowest BCUT2D eigenvalue weighted by atomic mass is 9.95. The van der Waals surface area contributed by atoms with Crippen LogP contribution < -0.4 is 30.3 Å². The number of nitrogens with one attached hydrogen (secondary N) is 3. The predicted molar refractivity (Wildman–Crippen MR) is 147 cm³/mol. The number of hydrogen-bond acceptors (Lipinski definition) is 9. The molecule has 2 amide bonds. The van der Waals surface area contributed by atoms with Crippen LogP contribution in [0, 0.1) is 12.3 Å². The molecule has 1 aliphatic rings. The van der Waals surface area contributed by atoms with Crippen LogP contribution in [0.3, 0.4) is 0 Å². The van der Waals surface area contributed by atoms with Crippen LogP contribution in [0.2, 0.25) is 0 Å². The summed E-state index contributed by atoms with van der Waals surface area (Å²) in [6.45, 7) is 3.71. The zero-order valence-electron chi connectivity index (χ0n) is 21.6. The molecule has 3 rings (SSSR count). The lowest BCUT2D eigenvalue weighted by Gasteiger charge is -2.28. The van der Waals surface area contributed by atoms with Crippen molar-refractivity contribution in [3.05, 3.63) is 63.3 Å². The van der Waals surface area contributed by atoms with Gasteiger partial charge in [-0.05, 0) is 49.7 Å². The van der Waals surface area contributed by atoms with Gasteiger partial charge in [-0.25, -0.2) is 9.59 Å². The summed E-state index contributed by atoms with van der Waals surface area (Å²) in [7, 11) is 1.27. The molecule has 0 aliphatic carbocycles. The van der Waals surface area contributed by atoms with Crippen LogP contribution in [-0.2, 0) is 9.53 Å². The second-order valence-electron chi connectivity index (χ2n) is 8.09. The number of ether oxygens (including phenoxy) is 4. The van der Waals surface area contributed by atoms with Gasteiger partial charge in [0.2, 0.25) is 0 Å². The zero-order chi connectivity index (χ0) is 28.4. The van der Waals surface area contributed by atoms with Gasteiger partial charge in [0.1, 0.15) is 19.0 Å². The van der Waals surface area contributed by atoms with Gasteiger partial charge >= 0.3 is 12.0 Å². The summed E-state index contributed by atoms with van der Waals surface area (Å²) in [5.41, 5.74) is 4.48. The molecule has 12 heteroatoms. The standard InChI is InChI=1S/C27H29BrN4O7/c1-5-11-38-20-10-8-19(28)12-18(20)14-29-32-23(33)15-39-21-9-7-17(13-22(21)37-6-2)25-24(26(34)36-4)16(3)30-27(35)31-25/h1,7-10,12-14,23,25,32-33H,6,11,15H2,2-4H3,(H2,30,31,35)/b29-14+/t23-,25-/m0/s1. The number of carbonyl (C=O) groups excluding carboxylic acids is 2. The van der Waals surface area contributed by atoms with Gasteiger partial charge in [0.25, 0.3) is 0 Å². The third-order valence-corrected chi connectivity index (χ3v) is 5.88. The Labute approximate surface area is 234 Å². The lowest BCUT2D eigenvalue weighted by Crippen LogP contribution is -2.45. The minimum absolute atomic E-state index is 0.108. The Balaban J connectivity index is 1.70. The van der Waals surface area contributed by atoms with Gasteiger partial charge in [-0.3, -0.25) is 5.43 Å². The minimum Gasteiger partial charge on any atom is -0.490 e. The van der Waals surface area contributed by atoms with E-state index in [1.165, 1.54) is 13.3 Å². The van der Waals surface area contributed by atoms with E-state index in [0.717, 1.165) is 4.47 Å². The number of hydrogen-bond donors (Lipinski definition) is 4. The van der Waals surface area contributed by atoms with Crippen LogP contribution in [0.4, 0.5) is 4.79 Å². The van der Waals surface area contributed by atoms with E-state index in [0.29, 0.717) is 40.7 Å². The van der Waals surface area contributed by atoms with Gasteiger partial charge in [-0.15, -0.1) is 6.42 Å². The molecule has 0 fully saturated rings. The molecular weight excluding hydrogens is 572 g/mol. The van der Waals surface area contributed by atoms with Crippen LogP contribution >= 0.6 is 15.9 Å². The fourth-order valence-electron chi connectivity index (χ4n) is 3.69. The van der Waals surface area contributed by atoms with E-state index in [2.05, 4.69) is 43.0 Å². The average Bonchev–Trinajstić information content (AvgIpc) is 2.91. The summed E-state index contributed by atoms with van der Waals surface area (Å²) < 4.78 is 22.7. The molecule has 0 saturated heterocycles. The van der Waals surface area contributed by atoms with Crippen molar-refractivity contribution in [2.75, 3.05) is 26.9 Å². The van der Waals surface area contributed by atoms with Gasteiger partial charge < -0.3 is 34.7 Å². The highest BCUT2D eigenvalue weighted by Crippen LogP contribution is 2.35. The number of aliphatic hydroxyl groups is 1. The SMILES string of the molecule is C#CCOc1ccc(Br)cc1/C=N/N[C@@H](O)COc1ccc([C@@H]2NC(=O)NC(C)=C2C(=O)OC)cc1OCC. The fraction of sp³-hybridized carbons (Fsp3) is 0.296. The quantitative estimate of drug-likeness (QED) is 0.0958. The largest absolute Gasteiger partial charge is 0.490 e. The maximum Gasteiger partial charge on any atom is 0.337 e. The molecule has 0 radical (unpaired) electrons. The molecule has 39 heavy (non-hydrogen) atoms. The predicted octanol–water partition coefficient (Wildman–Crippen LogP) is 2.98. The highest BCUT2D eigenvalue weighted by molar-refractivity contribution is 9.10. The number of aliphatic hydroxyl groups excluding tert-OH is 1. The van der Waals surface area contributed by atoms with E-state index in [4.69, 9.17) is 25.4 Å². The van der Waals surface area contributed by atoms with Crippen LogP contribution in [0.1, 0.15) is 31.0 Å². The Morgan fingerprint density at radius 1 is 1.23 bits per heavy atom. The second-order valence-corrected chi connectivity index (χ2v) is 9.01. The molecular formula is C27H29BrN4O7. The van der Waals surface area contributed by atoms with Gasteiger partial charge in [-0.2, -0.15) is 5.10 Å². The number of carbonyl (C=O) groups is 2. The van der Waals surface area contributed by atoms with E-state index in [1.54, 1.807) is 44.2 Å². The molecule has 0 aromatic heterocycles. The van der Waals surface area contributed by atoms with Crippen molar-refractivity contribution in [2.45, 2.75) is 26.1 Å². The van der Waals surface area contributed by atoms with E-state index in [9.17, 15) is 14.7 Å². The Morgan fingerprint density at radius 3 is 2.72 bits per heavy atom. The summed E-state index contributed by atoms with van der Waals surface area (Å²) in [4.78, 5) is 24.5. The third kappa shape index (κ3) is 7.89. The smallest absolute Gasteiger partial charge is 0.337 e. The summed E-state index contributed by atoms with van der Waals surface area (Å²) in [5.74, 6) is 3.09. The molecule has 4 N–H and O–H groups in total. The van der Waals surface area contributed by atoms with Crippen molar-refractivity contribution in [3.63, 3.8) is 0 Å². The number of benzene rings is 2. The van der Waals surface area contributed by atoms with Crippen LogP contribution in [0.5, 0.6) is 17.2 Å². The highest BCUT2D eigenvalue weighted by atomic mass is 79.9. The molecule has 0 bridgehead atoms. The summed E-state index contributed by atoms with van der Waals surface area (Å²) in [5, 5.41) is 19.7. The Hall–Kier alpha value is -4.21. The highest BCUT2D eigenvalue weighted by Gasteiger charge is 2.32. The molecule has 1 aliphatic heterocycles. The van der Waals surface area contributed by atoms with Crippen molar-refractivity contribution < 1.29 is 33.6 Å². The second kappa shape index (κ2) is 14.1. The minimum atomic E-state index is -1.15. The number of hydrazone groups is 1. The van der Waals surface area contributed by atoms with Crippen molar-refractivity contribution in [1.82, 2.24) is 16.1 Å². The summed E-state index contributed by atoms with van der Waals surface area (Å²) in [6.07, 6.45) is 5.60. The topological polar surface area (TPSA) is 140 Å². The normalized spacial score (nSPS) is 15.6. The monoisotopic (exact) mass is 600 g/mol. The third-order valence-electron chi connectivity index (χ3n) is 5.38. The van der Waals surface area contributed by atoms with Gasteiger partial charge in [0, 0.05) is 15.7 Å². The van der Waals surface area contributed by atoms with Gasteiger partial charge in [0.15, 0.2) is 17.7 Å². The number of methoxy groups -OCH3 is 1. The molecule has 0 saturated carbocycles. The van der Waals surface area contributed by atoms with E-state index in [-0.39, 0.29) is 18.8 Å². The lowest BCUT2D eigenvalue weighted by molar-refractivity contribution is -0.136. The summed E-state index contributed by atoms with van der Waals surface area (Å²) >= 11 is 3.40. The first kappa shape index (κ1) is 29.3. The zero-order valence-corrected chi connectivity index (χ0v) is 23.2. The average molecular weight is 601 g/mol. The molecule has 0 spiro atoms. The van der Waals surface area contributed by atoms with Crippen molar-refractivity contribution >= 4 is 34.1 Å². The number of allylic oxidation sites excluding steroid dienone is 1. The van der Waals surface area contributed by atoms with Gasteiger partial charge in [-0.1, -0.05) is 27.9 Å². The van der Waals surface area contributed by atoms with Crippen LogP contribution in [0.25, 0.3) is 0 Å². The van der Waals surface area contributed by atoms with E-state index < -0.39 is 24.3 Å².